The summed E-state index contributed by atoms with van der Waals surface area (Å²) in [5.41, 5.74) is 1.46. The van der Waals surface area contributed by atoms with Crippen LogP contribution in [0.2, 0.25) is 0 Å². The van der Waals surface area contributed by atoms with Crippen molar-refractivity contribution in [2.45, 2.75) is 38.3 Å². The highest BCUT2D eigenvalue weighted by atomic mass is 16.5. The molecule has 1 aromatic heterocycles. The van der Waals surface area contributed by atoms with Crippen LogP contribution in [-0.4, -0.2) is 36.8 Å². The SMILES string of the molecule is COc1ccc(C(NC(=O)CCCn2cnc3cc(OC)c(OC)cc3c2=O)C2CC2)cc1. The summed E-state index contributed by atoms with van der Waals surface area (Å²) in [4.78, 5) is 29.9. The number of rotatable bonds is 10. The average molecular weight is 452 g/mol. The second kappa shape index (κ2) is 9.94. The first kappa shape index (κ1) is 22.6. The summed E-state index contributed by atoms with van der Waals surface area (Å²) in [5.74, 6) is 2.25. The van der Waals surface area contributed by atoms with Crippen molar-refractivity contribution in [3.8, 4) is 17.2 Å². The van der Waals surface area contributed by atoms with E-state index in [9.17, 15) is 9.59 Å². The van der Waals surface area contributed by atoms with E-state index in [4.69, 9.17) is 14.2 Å². The van der Waals surface area contributed by atoms with Gasteiger partial charge in [0, 0.05) is 19.0 Å². The van der Waals surface area contributed by atoms with E-state index in [1.807, 2.05) is 24.3 Å². The molecule has 1 fully saturated rings. The molecule has 0 bridgehead atoms. The van der Waals surface area contributed by atoms with E-state index >= 15 is 0 Å². The fraction of sp³-hybridized carbons (Fsp3) is 0.400. The van der Waals surface area contributed by atoms with Crippen LogP contribution in [0.15, 0.2) is 47.5 Å². The molecule has 33 heavy (non-hydrogen) atoms. The molecule has 1 heterocycles. The summed E-state index contributed by atoms with van der Waals surface area (Å²) in [6, 6.07) is 11.2. The molecule has 0 aliphatic heterocycles. The first-order valence-electron chi connectivity index (χ1n) is 11.1. The number of carbonyl (C=O) groups is 1. The van der Waals surface area contributed by atoms with Crippen LogP contribution in [0.5, 0.6) is 17.2 Å². The zero-order valence-electron chi connectivity index (χ0n) is 19.2. The summed E-state index contributed by atoms with van der Waals surface area (Å²) in [6.45, 7) is 0.403. The van der Waals surface area contributed by atoms with Crippen molar-refractivity contribution in [2.75, 3.05) is 21.3 Å². The first-order chi connectivity index (χ1) is 16.0. The molecule has 1 aliphatic carbocycles. The number of ether oxygens (including phenoxy) is 3. The second-order valence-electron chi connectivity index (χ2n) is 8.23. The third-order valence-corrected chi connectivity index (χ3v) is 6.02. The molecule has 0 spiro atoms. The van der Waals surface area contributed by atoms with Crippen LogP contribution < -0.4 is 25.1 Å². The Balaban J connectivity index is 1.39. The first-order valence-corrected chi connectivity index (χ1v) is 11.1. The van der Waals surface area contributed by atoms with Gasteiger partial charge in [-0.1, -0.05) is 12.1 Å². The molecule has 3 aromatic rings. The Morgan fingerprint density at radius 2 is 1.79 bits per heavy atom. The summed E-state index contributed by atoms with van der Waals surface area (Å²) in [7, 11) is 4.70. The van der Waals surface area contributed by atoms with Crippen molar-refractivity contribution in [1.29, 1.82) is 0 Å². The minimum absolute atomic E-state index is 0.0101. The molecule has 1 saturated carbocycles. The van der Waals surface area contributed by atoms with Crippen molar-refractivity contribution >= 4 is 16.8 Å². The van der Waals surface area contributed by atoms with Crippen molar-refractivity contribution < 1.29 is 19.0 Å². The molecular formula is C25H29N3O5. The number of methoxy groups -OCH3 is 3. The van der Waals surface area contributed by atoms with Gasteiger partial charge in [-0.05, 0) is 48.9 Å². The van der Waals surface area contributed by atoms with Gasteiger partial charge in [0.05, 0.1) is 44.6 Å². The Kier molecular flexibility index (Phi) is 6.82. The van der Waals surface area contributed by atoms with Gasteiger partial charge in [-0.2, -0.15) is 0 Å². The van der Waals surface area contributed by atoms with E-state index in [0.29, 0.717) is 47.7 Å². The molecule has 8 heteroatoms. The third-order valence-electron chi connectivity index (χ3n) is 6.02. The molecule has 1 N–H and O–H groups in total. The Bertz CT molecular complexity index is 1190. The second-order valence-corrected chi connectivity index (χ2v) is 8.23. The maximum atomic E-state index is 12.9. The lowest BCUT2D eigenvalue weighted by Gasteiger charge is -2.19. The zero-order chi connectivity index (χ0) is 23.4. The Labute approximate surface area is 192 Å². The van der Waals surface area contributed by atoms with E-state index in [1.54, 1.807) is 26.4 Å². The highest BCUT2D eigenvalue weighted by Crippen LogP contribution is 2.41. The number of hydrogen-bond acceptors (Lipinski definition) is 6. The standard InChI is InChI=1S/C25H29N3O5/c1-31-18-10-8-17(9-11-18)24(16-6-7-16)27-23(29)5-4-12-28-15-26-20-14-22(33-3)21(32-2)13-19(20)25(28)30/h8-11,13-16,24H,4-7,12H2,1-3H3,(H,27,29). The number of hydrogen-bond donors (Lipinski definition) is 1. The topological polar surface area (TPSA) is 91.7 Å². The van der Waals surface area contributed by atoms with Crippen LogP contribution in [0.25, 0.3) is 10.9 Å². The molecule has 1 amide bonds. The van der Waals surface area contributed by atoms with Crippen molar-refractivity contribution in [3.05, 3.63) is 58.6 Å². The molecule has 0 saturated heterocycles. The van der Waals surface area contributed by atoms with Gasteiger partial charge in [0.1, 0.15) is 5.75 Å². The number of benzene rings is 2. The van der Waals surface area contributed by atoms with Gasteiger partial charge in [-0.3, -0.25) is 14.2 Å². The maximum absolute atomic E-state index is 12.9. The van der Waals surface area contributed by atoms with Crippen molar-refractivity contribution in [1.82, 2.24) is 14.9 Å². The number of fused-ring (bicyclic) bond motifs is 1. The third kappa shape index (κ3) is 5.10. The smallest absolute Gasteiger partial charge is 0.261 e. The predicted octanol–water partition coefficient (Wildman–Crippen LogP) is 3.47. The molecule has 4 rings (SSSR count). The Hall–Kier alpha value is -3.55. The van der Waals surface area contributed by atoms with E-state index < -0.39 is 0 Å². The lowest BCUT2D eigenvalue weighted by molar-refractivity contribution is -0.122. The Morgan fingerprint density at radius 3 is 2.42 bits per heavy atom. The zero-order valence-corrected chi connectivity index (χ0v) is 19.2. The lowest BCUT2D eigenvalue weighted by atomic mass is 10.0. The van der Waals surface area contributed by atoms with E-state index in [2.05, 4.69) is 10.3 Å². The quantitative estimate of drug-likeness (QED) is 0.508. The molecule has 1 unspecified atom stereocenters. The molecular weight excluding hydrogens is 422 g/mol. The molecule has 0 radical (unpaired) electrons. The van der Waals surface area contributed by atoms with Gasteiger partial charge in [-0.15, -0.1) is 0 Å². The van der Waals surface area contributed by atoms with Crippen LogP contribution in [0.1, 0.15) is 37.3 Å². The van der Waals surface area contributed by atoms with E-state index in [0.717, 1.165) is 24.2 Å². The van der Waals surface area contributed by atoms with Gasteiger partial charge in [-0.25, -0.2) is 4.98 Å². The summed E-state index contributed by atoms with van der Waals surface area (Å²) in [6.07, 6.45) is 4.60. The summed E-state index contributed by atoms with van der Waals surface area (Å²) in [5, 5.41) is 3.63. The lowest BCUT2D eigenvalue weighted by Crippen LogP contribution is -2.30. The van der Waals surface area contributed by atoms with Crippen molar-refractivity contribution in [3.63, 3.8) is 0 Å². The Morgan fingerprint density at radius 1 is 1.09 bits per heavy atom. The molecule has 8 nitrogen and oxygen atoms in total. The number of aryl methyl sites for hydroxylation is 1. The van der Waals surface area contributed by atoms with Gasteiger partial charge >= 0.3 is 0 Å². The highest BCUT2D eigenvalue weighted by Gasteiger charge is 2.33. The van der Waals surface area contributed by atoms with Gasteiger partial charge in [0.25, 0.3) is 5.56 Å². The average Bonchev–Trinajstić information content (AvgIpc) is 3.68. The monoisotopic (exact) mass is 451 g/mol. The van der Waals surface area contributed by atoms with Crippen LogP contribution in [-0.2, 0) is 11.3 Å². The van der Waals surface area contributed by atoms with Crippen LogP contribution >= 0.6 is 0 Å². The van der Waals surface area contributed by atoms with E-state index in [1.165, 1.54) is 18.0 Å². The van der Waals surface area contributed by atoms with Gasteiger partial charge in [0.15, 0.2) is 11.5 Å². The van der Waals surface area contributed by atoms with Crippen LogP contribution in [0.4, 0.5) is 0 Å². The highest BCUT2D eigenvalue weighted by molar-refractivity contribution is 5.81. The number of aromatic nitrogens is 2. The molecule has 2 aromatic carbocycles. The molecule has 174 valence electrons. The van der Waals surface area contributed by atoms with Gasteiger partial charge < -0.3 is 19.5 Å². The fourth-order valence-corrected chi connectivity index (χ4v) is 4.01. The number of nitrogens with zero attached hydrogens (tertiary/aromatic N) is 2. The molecule has 1 atom stereocenters. The van der Waals surface area contributed by atoms with Gasteiger partial charge in [0.2, 0.25) is 5.91 Å². The number of amides is 1. The minimum atomic E-state index is -0.171. The number of carbonyl (C=O) groups excluding carboxylic acids is 1. The molecule has 1 aliphatic rings. The summed E-state index contributed by atoms with van der Waals surface area (Å²) < 4.78 is 17.3. The fourth-order valence-electron chi connectivity index (χ4n) is 4.01. The minimum Gasteiger partial charge on any atom is -0.497 e. The van der Waals surface area contributed by atoms with Crippen LogP contribution in [0.3, 0.4) is 0 Å². The van der Waals surface area contributed by atoms with Crippen molar-refractivity contribution in [2.24, 2.45) is 5.92 Å². The number of nitrogens with one attached hydrogen (secondary N) is 1. The normalized spacial score (nSPS) is 14.0. The largest absolute Gasteiger partial charge is 0.497 e. The van der Waals surface area contributed by atoms with E-state index in [-0.39, 0.29) is 17.5 Å². The van der Waals surface area contributed by atoms with Crippen LogP contribution in [0, 0.1) is 5.92 Å². The predicted molar refractivity (Wildman–Crippen MR) is 125 cm³/mol. The summed E-state index contributed by atoms with van der Waals surface area (Å²) >= 11 is 0. The maximum Gasteiger partial charge on any atom is 0.261 e.